The van der Waals surface area contributed by atoms with Crippen LogP contribution < -0.4 is 10.1 Å². The number of nitrogens with one attached hydrogen (secondary N) is 1. The number of benzene rings is 1. The van der Waals surface area contributed by atoms with E-state index in [1.165, 1.54) is 18.4 Å². The second-order valence-electron chi connectivity index (χ2n) is 4.05. The van der Waals surface area contributed by atoms with Gasteiger partial charge in [0.1, 0.15) is 5.75 Å². The fraction of sp³-hybridized carbons (Fsp3) is 0.500. The molecule has 1 saturated heterocycles. The molecule has 0 radical (unpaired) electrons. The predicted molar refractivity (Wildman–Crippen MR) is 70.5 cm³/mol. The quantitative estimate of drug-likeness (QED) is 0.902. The van der Waals surface area contributed by atoms with Gasteiger partial charge in [0.2, 0.25) is 0 Å². The van der Waals surface area contributed by atoms with Gasteiger partial charge in [-0.25, -0.2) is 0 Å². The van der Waals surface area contributed by atoms with E-state index in [-0.39, 0.29) is 0 Å². The van der Waals surface area contributed by atoms with Crippen LogP contribution >= 0.6 is 27.5 Å². The van der Waals surface area contributed by atoms with Crippen LogP contribution in [0.4, 0.5) is 0 Å². The van der Waals surface area contributed by atoms with E-state index in [1.807, 2.05) is 6.07 Å². The molecule has 1 aromatic rings. The van der Waals surface area contributed by atoms with Crippen molar-refractivity contribution in [3.05, 3.63) is 27.2 Å². The lowest BCUT2D eigenvalue weighted by Crippen LogP contribution is -2.28. The smallest absolute Gasteiger partial charge is 0.141 e. The third kappa shape index (κ3) is 2.53. The maximum absolute atomic E-state index is 6.18. The van der Waals surface area contributed by atoms with E-state index in [9.17, 15) is 0 Å². The molecular weight excluding hydrogens is 289 g/mol. The SMILES string of the molecule is COc1c(Cl)cc(Br)cc1C1CCCNC1. The molecule has 1 heterocycles. The van der Waals surface area contributed by atoms with Crippen molar-refractivity contribution >= 4 is 27.5 Å². The Morgan fingerprint density at radius 2 is 2.31 bits per heavy atom. The number of hydrogen-bond donors (Lipinski definition) is 1. The van der Waals surface area contributed by atoms with Crippen LogP contribution in [0.1, 0.15) is 24.3 Å². The molecular formula is C12H15BrClNO. The highest BCUT2D eigenvalue weighted by Gasteiger charge is 2.21. The molecule has 1 atom stereocenters. The standard InChI is InChI=1S/C12H15BrClNO/c1-16-12-10(5-9(13)6-11(12)14)8-3-2-4-15-7-8/h5-6,8,15H,2-4,7H2,1H3. The van der Waals surface area contributed by atoms with E-state index in [1.54, 1.807) is 7.11 Å². The van der Waals surface area contributed by atoms with Crippen LogP contribution in [-0.4, -0.2) is 20.2 Å². The monoisotopic (exact) mass is 303 g/mol. The molecule has 0 amide bonds. The Hall–Kier alpha value is -0.250. The lowest BCUT2D eigenvalue weighted by Gasteiger charge is -2.25. The highest BCUT2D eigenvalue weighted by Crippen LogP contribution is 2.38. The minimum absolute atomic E-state index is 0.499. The number of ether oxygens (including phenoxy) is 1. The Bertz CT molecular complexity index is 378. The molecule has 4 heteroatoms. The first kappa shape index (κ1) is 12.2. The molecule has 1 aliphatic heterocycles. The maximum Gasteiger partial charge on any atom is 0.141 e. The highest BCUT2D eigenvalue weighted by molar-refractivity contribution is 9.10. The first-order chi connectivity index (χ1) is 7.72. The fourth-order valence-electron chi connectivity index (χ4n) is 2.22. The molecule has 0 bridgehead atoms. The predicted octanol–water partition coefficient (Wildman–Crippen LogP) is 3.58. The van der Waals surface area contributed by atoms with E-state index in [4.69, 9.17) is 16.3 Å². The van der Waals surface area contributed by atoms with E-state index < -0.39 is 0 Å². The van der Waals surface area contributed by atoms with Crippen LogP contribution in [0.15, 0.2) is 16.6 Å². The van der Waals surface area contributed by atoms with Gasteiger partial charge in [0, 0.05) is 22.5 Å². The van der Waals surface area contributed by atoms with Gasteiger partial charge in [0.05, 0.1) is 12.1 Å². The third-order valence-electron chi connectivity index (χ3n) is 2.98. The number of hydrogen-bond acceptors (Lipinski definition) is 2. The van der Waals surface area contributed by atoms with Crippen LogP contribution in [0.2, 0.25) is 5.02 Å². The van der Waals surface area contributed by atoms with Crippen molar-refractivity contribution in [2.45, 2.75) is 18.8 Å². The first-order valence-electron chi connectivity index (χ1n) is 5.46. The van der Waals surface area contributed by atoms with Gasteiger partial charge in [0.25, 0.3) is 0 Å². The van der Waals surface area contributed by atoms with Crippen molar-refractivity contribution in [2.75, 3.05) is 20.2 Å². The van der Waals surface area contributed by atoms with Gasteiger partial charge in [-0.05, 0) is 31.5 Å². The largest absolute Gasteiger partial charge is 0.495 e. The van der Waals surface area contributed by atoms with Gasteiger partial charge in [-0.15, -0.1) is 0 Å². The molecule has 2 nitrogen and oxygen atoms in total. The summed E-state index contributed by atoms with van der Waals surface area (Å²) in [5, 5.41) is 4.09. The molecule has 16 heavy (non-hydrogen) atoms. The van der Waals surface area contributed by atoms with Crippen molar-refractivity contribution in [3.63, 3.8) is 0 Å². The zero-order valence-electron chi connectivity index (χ0n) is 9.22. The molecule has 0 saturated carbocycles. The van der Waals surface area contributed by atoms with E-state index in [0.29, 0.717) is 10.9 Å². The zero-order valence-corrected chi connectivity index (χ0v) is 11.6. The summed E-state index contributed by atoms with van der Waals surface area (Å²) < 4.78 is 6.42. The van der Waals surface area contributed by atoms with E-state index in [0.717, 1.165) is 23.3 Å². The van der Waals surface area contributed by atoms with E-state index in [2.05, 4.69) is 27.3 Å². The molecule has 2 rings (SSSR count). The molecule has 0 aromatic heterocycles. The molecule has 1 N–H and O–H groups in total. The minimum atomic E-state index is 0.499. The Kier molecular flexibility index (Phi) is 4.11. The van der Waals surface area contributed by atoms with Crippen LogP contribution in [0.25, 0.3) is 0 Å². The number of halogens is 2. The molecule has 88 valence electrons. The summed E-state index contributed by atoms with van der Waals surface area (Å²) in [5.41, 5.74) is 1.20. The second-order valence-corrected chi connectivity index (χ2v) is 5.38. The van der Waals surface area contributed by atoms with Crippen molar-refractivity contribution in [3.8, 4) is 5.75 Å². The molecule has 0 aliphatic carbocycles. The van der Waals surface area contributed by atoms with Crippen LogP contribution in [-0.2, 0) is 0 Å². The summed E-state index contributed by atoms with van der Waals surface area (Å²) >= 11 is 9.66. The third-order valence-corrected chi connectivity index (χ3v) is 3.72. The van der Waals surface area contributed by atoms with Gasteiger partial charge in [0.15, 0.2) is 0 Å². The summed E-state index contributed by atoms with van der Waals surface area (Å²) in [6, 6.07) is 3.99. The Labute approximate surface area is 109 Å². The van der Waals surface area contributed by atoms with Crippen LogP contribution in [0.5, 0.6) is 5.75 Å². The average Bonchev–Trinajstić information content (AvgIpc) is 2.29. The molecule has 0 spiro atoms. The average molecular weight is 305 g/mol. The molecule has 1 aliphatic rings. The highest BCUT2D eigenvalue weighted by atomic mass is 79.9. The summed E-state index contributed by atoms with van der Waals surface area (Å²) in [5.74, 6) is 1.32. The topological polar surface area (TPSA) is 21.3 Å². The zero-order chi connectivity index (χ0) is 11.5. The van der Waals surface area contributed by atoms with Gasteiger partial charge >= 0.3 is 0 Å². The Morgan fingerprint density at radius 1 is 1.50 bits per heavy atom. The van der Waals surface area contributed by atoms with Crippen molar-refractivity contribution < 1.29 is 4.74 Å². The number of rotatable bonds is 2. The summed E-state index contributed by atoms with van der Waals surface area (Å²) in [6.45, 7) is 2.11. The molecule has 1 aromatic carbocycles. The second kappa shape index (κ2) is 5.39. The van der Waals surface area contributed by atoms with Crippen molar-refractivity contribution in [1.82, 2.24) is 5.32 Å². The van der Waals surface area contributed by atoms with Gasteiger partial charge in [-0.3, -0.25) is 0 Å². The van der Waals surface area contributed by atoms with Gasteiger partial charge in [-0.2, -0.15) is 0 Å². The van der Waals surface area contributed by atoms with Crippen molar-refractivity contribution in [2.24, 2.45) is 0 Å². The minimum Gasteiger partial charge on any atom is -0.495 e. The van der Waals surface area contributed by atoms with Crippen LogP contribution in [0.3, 0.4) is 0 Å². The molecule has 1 unspecified atom stereocenters. The molecule has 1 fully saturated rings. The van der Waals surface area contributed by atoms with E-state index >= 15 is 0 Å². The lowest BCUT2D eigenvalue weighted by molar-refractivity contribution is 0.392. The van der Waals surface area contributed by atoms with Crippen molar-refractivity contribution in [1.29, 1.82) is 0 Å². The van der Waals surface area contributed by atoms with Gasteiger partial charge < -0.3 is 10.1 Å². The maximum atomic E-state index is 6.18. The van der Waals surface area contributed by atoms with Gasteiger partial charge in [-0.1, -0.05) is 27.5 Å². The summed E-state index contributed by atoms with van der Waals surface area (Å²) in [4.78, 5) is 0. The normalized spacial score (nSPS) is 20.8. The number of methoxy groups -OCH3 is 1. The Morgan fingerprint density at radius 3 is 2.94 bits per heavy atom. The first-order valence-corrected chi connectivity index (χ1v) is 6.63. The summed E-state index contributed by atoms with van der Waals surface area (Å²) in [6.07, 6.45) is 2.40. The van der Waals surface area contributed by atoms with Crippen LogP contribution in [0, 0.1) is 0 Å². The lowest BCUT2D eigenvalue weighted by atomic mass is 9.91. The Balaban J connectivity index is 2.36. The summed E-state index contributed by atoms with van der Waals surface area (Å²) in [7, 11) is 1.68. The fourth-order valence-corrected chi connectivity index (χ4v) is 3.13. The number of piperidine rings is 1.